The molecule has 0 unspecified atom stereocenters. The molecule has 0 aliphatic heterocycles. The topological polar surface area (TPSA) is 37.3 Å². The van der Waals surface area contributed by atoms with Gasteiger partial charge in [0, 0.05) is 0 Å². The van der Waals surface area contributed by atoms with E-state index in [1.165, 1.54) is 25.7 Å². The van der Waals surface area contributed by atoms with Crippen molar-refractivity contribution in [3.8, 4) is 0 Å². The second kappa shape index (κ2) is 4.06. The Bertz CT molecular complexity index is 454. The fourth-order valence-electron chi connectivity index (χ4n) is 8.26. The molecular weight excluding hydrogens is 260 g/mol. The fraction of sp³-hybridized carbons (Fsp3) is 0.947. The standard InChI is InChI=1S/C19H32O2/c1-6-17(7-2,14(20)21)18(8-3,9-4)19-12-16(13-19)10-15(19,5)11-16/h6-13H2,1-5H3,(H,20,21). The lowest BCUT2D eigenvalue weighted by Crippen LogP contribution is -2.59. The van der Waals surface area contributed by atoms with Gasteiger partial charge in [0.25, 0.3) is 0 Å². The highest BCUT2D eigenvalue weighted by Gasteiger charge is 2.86. The van der Waals surface area contributed by atoms with E-state index in [1.54, 1.807) is 0 Å². The van der Waals surface area contributed by atoms with Crippen LogP contribution in [0.15, 0.2) is 0 Å². The van der Waals surface area contributed by atoms with E-state index in [9.17, 15) is 9.90 Å². The van der Waals surface area contributed by atoms with E-state index >= 15 is 0 Å². The first-order chi connectivity index (χ1) is 9.76. The third kappa shape index (κ3) is 1.27. The van der Waals surface area contributed by atoms with Gasteiger partial charge in [-0.1, -0.05) is 34.6 Å². The maximum atomic E-state index is 12.4. The Labute approximate surface area is 129 Å². The summed E-state index contributed by atoms with van der Waals surface area (Å²) in [6.07, 6.45) is 8.93. The SMILES string of the molecule is CCC(CC)(C(=O)O)C(CC)(CC)C12CC3(CC1(C)C3)C2. The highest BCUT2D eigenvalue weighted by atomic mass is 16.4. The van der Waals surface area contributed by atoms with Gasteiger partial charge in [-0.05, 0) is 73.0 Å². The van der Waals surface area contributed by atoms with Crippen LogP contribution in [0.5, 0.6) is 0 Å². The van der Waals surface area contributed by atoms with Gasteiger partial charge < -0.3 is 5.11 Å². The molecule has 0 aromatic carbocycles. The Balaban J connectivity index is 2.15. The maximum absolute atomic E-state index is 12.4. The van der Waals surface area contributed by atoms with Crippen molar-refractivity contribution in [1.82, 2.24) is 0 Å². The van der Waals surface area contributed by atoms with Gasteiger partial charge in [-0.3, -0.25) is 4.79 Å². The van der Waals surface area contributed by atoms with Crippen LogP contribution < -0.4 is 0 Å². The van der Waals surface area contributed by atoms with Crippen molar-refractivity contribution in [1.29, 1.82) is 0 Å². The number of carbonyl (C=O) groups is 1. The summed E-state index contributed by atoms with van der Waals surface area (Å²) in [5.41, 5.74) is 0.771. The van der Waals surface area contributed by atoms with Crippen LogP contribution in [0, 0.1) is 27.1 Å². The van der Waals surface area contributed by atoms with Gasteiger partial charge in [0.15, 0.2) is 0 Å². The zero-order valence-electron chi connectivity index (χ0n) is 14.5. The summed E-state index contributed by atoms with van der Waals surface area (Å²) in [7, 11) is 0. The number of rotatable bonds is 7. The van der Waals surface area contributed by atoms with Crippen LogP contribution in [0.4, 0.5) is 0 Å². The third-order valence-electron chi connectivity index (χ3n) is 8.69. The summed E-state index contributed by atoms with van der Waals surface area (Å²) in [6, 6.07) is 0. The Hall–Kier alpha value is -0.530. The van der Waals surface area contributed by atoms with E-state index in [-0.39, 0.29) is 5.41 Å². The molecule has 6 saturated carbocycles. The molecule has 1 N–H and O–H groups in total. The maximum Gasteiger partial charge on any atom is 0.310 e. The van der Waals surface area contributed by atoms with Gasteiger partial charge in [0.05, 0.1) is 5.41 Å². The van der Waals surface area contributed by atoms with Gasteiger partial charge >= 0.3 is 5.97 Å². The van der Waals surface area contributed by atoms with E-state index in [0.717, 1.165) is 25.7 Å². The van der Waals surface area contributed by atoms with Crippen LogP contribution in [0.3, 0.4) is 0 Å². The molecule has 0 aromatic rings. The zero-order valence-corrected chi connectivity index (χ0v) is 14.5. The Morgan fingerprint density at radius 2 is 1.43 bits per heavy atom. The predicted molar refractivity (Wildman–Crippen MR) is 85.1 cm³/mol. The first-order valence-electron chi connectivity index (χ1n) is 9.00. The van der Waals surface area contributed by atoms with Crippen molar-refractivity contribution >= 4 is 5.97 Å². The molecule has 6 fully saturated rings. The quantitative estimate of drug-likeness (QED) is 0.694. The molecule has 120 valence electrons. The van der Waals surface area contributed by atoms with Gasteiger partial charge in [-0.25, -0.2) is 0 Å². The molecule has 0 amide bonds. The molecule has 2 nitrogen and oxygen atoms in total. The Morgan fingerprint density at radius 1 is 0.952 bits per heavy atom. The minimum absolute atomic E-state index is 0.0272. The minimum Gasteiger partial charge on any atom is -0.481 e. The summed E-state index contributed by atoms with van der Waals surface area (Å²) in [4.78, 5) is 12.4. The van der Waals surface area contributed by atoms with Crippen molar-refractivity contribution in [3.63, 3.8) is 0 Å². The fourth-order valence-corrected chi connectivity index (χ4v) is 8.26. The summed E-state index contributed by atoms with van der Waals surface area (Å²) in [5, 5.41) is 10.2. The molecular formula is C19H32O2. The summed E-state index contributed by atoms with van der Waals surface area (Å²) >= 11 is 0. The number of aliphatic carboxylic acids is 1. The molecule has 0 heterocycles. The van der Waals surface area contributed by atoms with E-state index in [0.29, 0.717) is 16.2 Å². The molecule has 21 heavy (non-hydrogen) atoms. The molecule has 6 aliphatic rings. The Kier molecular flexibility index (Phi) is 2.97. The summed E-state index contributed by atoms with van der Waals surface area (Å²) in [6.45, 7) is 11.2. The average molecular weight is 292 g/mol. The van der Waals surface area contributed by atoms with E-state index in [1.807, 2.05) is 0 Å². The minimum atomic E-state index is -0.543. The summed E-state index contributed by atoms with van der Waals surface area (Å²) in [5.74, 6) is -0.542. The number of carboxylic acid groups (broad SMARTS) is 1. The van der Waals surface area contributed by atoms with Crippen molar-refractivity contribution in [2.24, 2.45) is 27.1 Å². The molecule has 6 rings (SSSR count). The van der Waals surface area contributed by atoms with Crippen LogP contribution in [-0.4, -0.2) is 11.1 Å². The number of hydrogen-bond acceptors (Lipinski definition) is 1. The average Bonchev–Trinajstić information content (AvgIpc) is 2.96. The normalized spacial score (nSPS) is 40.6. The smallest absolute Gasteiger partial charge is 0.310 e. The highest BCUT2D eigenvalue weighted by Crippen LogP contribution is 2.94. The predicted octanol–water partition coefficient (Wildman–Crippen LogP) is 5.26. The van der Waals surface area contributed by atoms with E-state index in [4.69, 9.17) is 0 Å². The molecule has 0 saturated heterocycles. The molecule has 0 radical (unpaired) electrons. The molecule has 0 aromatic heterocycles. The van der Waals surface area contributed by atoms with Crippen LogP contribution >= 0.6 is 0 Å². The number of hydrogen-bond donors (Lipinski definition) is 1. The molecule has 1 spiro atoms. The molecule has 3 bridgehead atoms. The van der Waals surface area contributed by atoms with Crippen molar-refractivity contribution < 1.29 is 9.90 Å². The Morgan fingerprint density at radius 3 is 1.67 bits per heavy atom. The second-order valence-corrected chi connectivity index (χ2v) is 8.73. The van der Waals surface area contributed by atoms with Gasteiger partial charge in [0.2, 0.25) is 0 Å². The van der Waals surface area contributed by atoms with Crippen molar-refractivity contribution in [2.75, 3.05) is 0 Å². The van der Waals surface area contributed by atoms with Crippen LogP contribution in [0.1, 0.15) is 86.0 Å². The van der Waals surface area contributed by atoms with Gasteiger partial charge in [0.1, 0.15) is 0 Å². The first-order valence-corrected chi connectivity index (χ1v) is 9.00. The van der Waals surface area contributed by atoms with Crippen molar-refractivity contribution in [3.05, 3.63) is 0 Å². The molecule has 6 aliphatic carbocycles. The molecule has 2 heteroatoms. The lowest BCUT2D eigenvalue weighted by atomic mass is 9.40. The largest absolute Gasteiger partial charge is 0.481 e. The van der Waals surface area contributed by atoms with Crippen LogP contribution in [-0.2, 0) is 4.79 Å². The van der Waals surface area contributed by atoms with Crippen LogP contribution in [0.25, 0.3) is 0 Å². The van der Waals surface area contributed by atoms with E-state index < -0.39 is 11.4 Å². The van der Waals surface area contributed by atoms with E-state index in [2.05, 4.69) is 34.6 Å². The zero-order chi connectivity index (χ0) is 15.7. The van der Waals surface area contributed by atoms with Crippen molar-refractivity contribution in [2.45, 2.75) is 86.0 Å². The van der Waals surface area contributed by atoms with Gasteiger partial charge in [-0.15, -0.1) is 0 Å². The second-order valence-electron chi connectivity index (χ2n) is 8.73. The lowest BCUT2D eigenvalue weighted by molar-refractivity contribution is -0.189. The molecule has 0 atom stereocenters. The van der Waals surface area contributed by atoms with Crippen LogP contribution in [0.2, 0.25) is 0 Å². The lowest BCUT2D eigenvalue weighted by Gasteiger charge is -2.62. The third-order valence-corrected chi connectivity index (χ3v) is 8.69. The monoisotopic (exact) mass is 292 g/mol. The van der Waals surface area contributed by atoms with Gasteiger partial charge in [-0.2, -0.15) is 0 Å². The summed E-state index contributed by atoms with van der Waals surface area (Å²) < 4.78 is 0. The first kappa shape index (κ1) is 15.4. The highest BCUT2D eigenvalue weighted by molar-refractivity contribution is 5.76. The number of carboxylic acids is 1.